The van der Waals surface area contributed by atoms with Crippen molar-refractivity contribution in [3.8, 4) is 0 Å². The van der Waals surface area contributed by atoms with Crippen molar-refractivity contribution in [3.05, 3.63) is 34.9 Å². The molecule has 3 nitrogen and oxygen atoms in total. The highest BCUT2D eigenvalue weighted by atomic mass is 16.5. The molecule has 1 heterocycles. The van der Waals surface area contributed by atoms with E-state index in [0.717, 1.165) is 19.5 Å². The van der Waals surface area contributed by atoms with E-state index in [1.807, 2.05) is 12.1 Å². The summed E-state index contributed by atoms with van der Waals surface area (Å²) in [6.07, 6.45) is 1.05. The van der Waals surface area contributed by atoms with Gasteiger partial charge in [0.2, 0.25) is 0 Å². The Labute approximate surface area is 109 Å². The second-order valence-corrected chi connectivity index (χ2v) is 5.82. The van der Waals surface area contributed by atoms with Gasteiger partial charge in [-0.1, -0.05) is 6.07 Å². The number of fused-ring (bicyclic) bond motifs is 1. The molecule has 1 aliphatic heterocycles. The van der Waals surface area contributed by atoms with Crippen LogP contribution in [0.4, 0.5) is 0 Å². The summed E-state index contributed by atoms with van der Waals surface area (Å²) in [6.45, 7) is 8.66. The van der Waals surface area contributed by atoms with E-state index in [0.29, 0.717) is 5.56 Å². The van der Waals surface area contributed by atoms with Crippen molar-refractivity contribution in [1.82, 2.24) is 4.90 Å². The zero-order valence-electron chi connectivity index (χ0n) is 11.6. The molecular formula is C15H21NO2. The number of methoxy groups -OCH3 is 1. The molecule has 0 amide bonds. The first kappa shape index (κ1) is 13.1. The molecule has 0 spiro atoms. The van der Waals surface area contributed by atoms with Gasteiger partial charge in [-0.3, -0.25) is 4.90 Å². The molecule has 3 heteroatoms. The number of rotatable bonds is 1. The van der Waals surface area contributed by atoms with Gasteiger partial charge in [0.25, 0.3) is 0 Å². The van der Waals surface area contributed by atoms with Crippen LogP contribution in [0.25, 0.3) is 0 Å². The lowest BCUT2D eigenvalue weighted by Gasteiger charge is -2.39. The van der Waals surface area contributed by atoms with E-state index in [1.165, 1.54) is 18.2 Å². The Hall–Kier alpha value is -1.35. The van der Waals surface area contributed by atoms with E-state index in [2.05, 4.69) is 31.7 Å². The van der Waals surface area contributed by atoms with Crippen LogP contribution in [0.2, 0.25) is 0 Å². The van der Waals surface area contributed by atoms with E-state index in [4.69, 9.17) is 4.74 Å². The van der Waals surface area contributed by atoms with E-state index >= 15 is 0 Å². The Morgan fingerprint density at radius 1 is 1.28 bits per heavy atom. The number of esters is 1. The zero-order valence-corrected chi connectivity index (χ0v) is 11.6. The summed E-state index contributed by atoms with van der Waals surface area (Å²) in [7, 11) is 1.42. The van der Waals surface area contributed by atoms with Crippen molar-refractivity contribution in [1.29, 1.82) is 0 Å². The minimum Gasteiger partial charge on any atom is -0.465 e. The van der Waals surface area contributed by atoms with Gasteiger partial charge in [0.05, 0.1) is 12.7 Å². The van der Waals surface area contributed by atoms with Gasteiger partial charge < -0.3 is 4.74 Å². The number of hydrogen-bond donors (Lipinski definition) is 0. The molecule has 0 bridgehead atoms. The highest BCUT2D eigenvalue weighted by Crippen LogP contribution is 2.25. The third-order valence-corrected chi connectivity index (χ3v) is 3.59. The average Bonchev–Trinajstić information content (AvgIpc) is 2.35. The highest BCUT2D eigenvalue weighted by Gasteiger charge is 2.26. The lowest BCUT2D eigenvalue weighted by Crippen LogP contribution is -2.44. The monoisotopic (exact) mass is 247 g/mol. The molecule has 18 heavy (non-hydrogen) atoms. The van der Waals surface area contributed by atoms with Crippen molar-refractivity contribution in [2.75, 3.05) is 13.7 Å². The van der Waals surface area contributed by atoms with Crippen molar-refractivity contribution in [2.24, 2.45) is 0 Å². The molecule has 2 rings (SSSR count). The first-order valence-electron chi connectivity index (χ1n) is 6.37. The van der Waals surface area contributed by atoms with Gasteiger partial charge in [-0.05, 0) is 50.5 Å². The van der Waals surface area contributed by atoms with Gasteiger partial charge in [-0.25, -0.2) is 4.79 Å². The van der Waals surface area contributed by atoms with Crippen LogP contribution in [0.3, 0.4) is 0 Å². The Morgan fingerprint density at radius 2 is 2.00 bits per heavy atom. The second-order valence-electron chi connectivity index (χ2n) is 5.82. The molecule has 1 aromatic carbocycles. The van der Waals surface area contributed by atoms with Crippen molar-refractivity contribution in [2.45, 2.75) is 39.3 Å². The molecule has 1 aromatic rings. The smallest absolute Gasteiger partial charge is 0.337 e. The molecule has 0 aromatic heterocycles. The molecule has 0 N–H and O–H groups in total. The van der Waals surface area contributed by atoms with Gasteiger partial charge in [0.1, 0.15) is 0 Å². The van der Waals surface area contributed by atoms with Crippen LogP contribution in [0.15, 0.2) is 18.2 Å². The number of benzene rings is 1. The number of nitrogens with zero attached hydrogens (tertiary/aromatic N) is 1. The summed E-state index contributed by atoms with van der Waals surface area (Å²) in [5.74, 6) is -0.259. The lowest BCUT2D eigenvalue weighted by atomic mass is 9.94. The predicted octanol–water partition coefficient (Wildman–Crippen LogP) is 2.63. The molecule has 0 fully saturated rings. The van der Waals surface area contributed by atoms with E-state index < -0.39 is 0 Å². The quantitative estimate of drug-likeness (QED) is 0.714. The maximum Gasteiger partial charge on any atom is 0.337 e. The third-order valence-electron chi connectivity index (χ3n) is 3.59. The second kappa shape index (κ2) is 4.73. The minimum absolute atomic E-state index is 0.166. The SMILES string of the molecule is COC(=O)c1ccc2c(c1)CN(C(C)(C)C)CC2. The van der Waals surface area contributed by atoms with Crippen molar-refractivity contribution in [3.63, 3.8) is 0 Å². The van der Waals surface area contributed by atoms with E-state index in [1.54, 1.807) is 0 Å². The van der Waals surface area contributed by atoms with Crippen LogP contribution in [0, 0.1) is 0 Å². The Morgan fingerprint density at radius 3 is 2.61 bits per heavy atom. The summed E-state index contributed by atoms with van der Waals surface area (Å²) < 4.78 is 4.77. The summed E-state index contributed by atoms with van der Waals surface area (Å²) >= 11 is 0. The van der Waals surface area contributed by atoms with Crippen LogP contribution in [-0.4, -0.2) is 30.1 Å². The molecule has 0 saturated carbocycles. The summed E-state index contributed by atoms with van der Waals surface area (Å²) in [5.41, 5.74) is 3.41. The Balaban J connectivity index is 2.27. The molecule has 0 unspecified atom stereocenters. The third kappa shape index (κ3) is 2.56. The molecular weight excluding hydrogens is 226 g/mol. The molecule has 98 valence electrons. The van der Waals surface area contributed by atoms with Crippen molar-refractivity contribution >= 4 is 5.97 Å². The summed E-state index contributed by atoms with van der Waals surface area (Å²) in [6, 6.07) is 5.89. The van der Waals surface area contributed by atoms with Crippen LogP contribution in [0.1, 0.15) is 42.3 Å². The fourth-order valence-corrected chi connectivity index (χ4v) is 2.37. The van der Waals surface area contributed by atoms with Gasteiger partial charge in [0, 0.05) is 18.6 Å². The van der Waals surface area contributed by atoms with Crippen LogP contribution in [-0.2, 0) is 17.7 Å². The molecule has 0 atom stereocenters. The maximum absolute atomic E-state index is 11.5. The normalized spacial score (nSPS) is 16.2. The first-order valence-corrected chi connectivity index (χ1v) is 6.37. The average molecular weight is 247 g/mol. The van der Waals surface area contributed by atoms with Crippen LogP contribution in [0.5, 0.6) is 0 Å². The topological polar surface area (TPSA) is 29.5 Å². The number of carbonyl (C=O) groups excluding carboxylic acids is 1. The van der Waals surface area contributed by atoms with Gasteiger partial charge in [-0.2, -0.15) is 0 Å². The molecule has 1 aliphatic rings. The van der Waals surface area contributed by atoms with Gasteiger partial charge >= 0.3 is 5.97 Å². The summed E-state index contributed by atoms with van der Waals surface area (Å²) in [4.78, 5) is 14.0. The number of ether oxygens (including phenoxy) is 1. The Bertz CT molecular complexity index is 460. The summed E-state index contributed by atoms with van der Waals surface area (Å²) in [5, 5.41) is 0. The van der Waals surface area contributed by atoms with Crippen LogP contribution >= 0.6 is 0 Å². The van der Waals surface area contributed by atoms with E-state index in [-0.39, 0.29) is 11.5 Å². The number of hydrogen-bond acceptors (Lipinski definition) is 3. The Kier molecular flexibility index (Phi) is 3.44. The fraction of sp³-hybridized carbons (Fsp3) is 0.533. The minimum atomic E-state index is -0.259. The predicted molar refractivity (Wildman–Crippen MR) is 71.6 cm³/mol. The van der Waals surface area contributed by atoms with Gasteiger partial charge in [-0.15, -0.1) is 0 Å². The standard InChI is InChI=1S/C15H21NO2/c1-15(2,3)16-8-7-11-5-6-12(14(17)18-4)9-13(11)10-16/h5-6,9H,7-8,10H2,1-4H3. The molecule has 0 radical (unpaired) electrons. The molecule has 0 aliphatic carbocycles. The molecule has 0 saturated heterocycles. The van der Waals surface area contributed by atoms with Gasteiger partial charge in [0.15, 0.2) is 0 Å². The largest absolute Gasteiger partial charge is 0.465 e. The zero-order chi connectivity index (χ0) is 13.3. The number of carbonyl (C=O) groups is 1. The van der Waals surface area contributed by atoms with Crippen LogP contribution < -0.4 is 0 Å². The first-order chi connectivity index (χ1) is 8.41. The van der Waals surface area contributed by atoms with E-state index in [9.17, 15) is 4.79 Å². The van der Waals surface area contributed by atoms with Crippen molar-refractivity contribution < 1.29 is 9.53 Å². The lowest BCUT2D eigenvalue weighted by molar-refractivity contribution is 0.0600. The highest BCUT2D eigenvalue weighted by molar-refractivity contribution is 5.89. The fourth-order valence-electron chi connectivity index (χ4n) is 2.37. The maximum atomic E-state index is 11.5.